The van der Waals surface area contributed by atoms with Gasteiger partial charge in [0, 0.05) is 44.5 Å². The Hall–Kier alpha value is -3.32. The number of likely N-dealkylation sites (tertiary alicyclic amines) is 1. The molecule has 7 nitrogen and oxygen atoms in total. The molecule has 2 aromatic rings. The molecule has 2 aliphatic heterocycles. The normalized spacial score (nSPS) is 20.3. The van der Waals surface area contributed by atoms with Gasteiger partial charge in [-0.15, -0.1) is 0 Å². The highest BCUT2D eigenvalue weighted by Gasteiger charge is 2.44. The predicted octanol–water partition coefficient (Wildman–Crippen LogP) is 5.15. The first kappa shape index (κ1) is 30.6. The van der Waals surface area contributed by atoms with E-state index in [1.807, 2.05) is 0 Å². The summed E-state index contributed by atoms with van der Waals surface area (Å²) in [5.41, 5.74) is -3.64. The van der Waals surface area contributed by atoms with Gasteiger partial charge in [-0.1, -0.05) is 29.3 Å². The number of benzene rings is 2. The third-order valence-corrected chi connectivity index (χ3v) is 7.86. The predicted molar refractivity (Wildman–Crippen MR) is 134 cm³/mol. The monoisotopic (exact) mass is 623 g/mol. The van der Waals surface area contributed by atoms with Crippen LogP contribution in [0.2, 0.25) is 10.0 Å². The maximum absolute atomic E-state index is 13.4. The van der Waals surface area contributed by atoms with Gasteiger partial charge in [0.25, 0.3) is 5.91 Å². The molecule has 2 atom stereocenters. The molecule has 0 radical (unpaired) electrons. The van der Waals surface area contributed by atoms with Crippen LogP contribution in [0.5, 0.6) is 0 Å². The first-order valence-electron chi connectivity index (χ1n) is 12.1. The number of hydrogen-bond donors (Lipinski definition) is 1. The molecule has 2 fully saturated rings. The largest absolute Gasteiger partial charge is 0.416 e. The lowest BCUT2D eigenvalue weighted by molar-refractivity contribution is -0.144. The number of likely N-dealkylation sites (N-methyl/N-ethyl adjacent to an activating group) is 1. The second-order valence-corrected chi connectivity index (χ2v) is 10.7. The highest BCUT2D eigenvalue weighted by Crippen LogP contribution is 2.39. The van der Waals surface area contributed by atoms with E-state index in [1.165, 1.54) is 24.1 Å². The molecule has 0 unspecified atom stereocenters. The molecule has 4 amide bonds. The Labute approximate surface area is 239 Å². The number of nitrogens with one attached hydrogen (secondary N) is 1. The van der Waals surface area contributed by atoms with Crippen LogP contribution in [-0.2, 0) is 26.7 Å². The van der Waals surface area contributed by atoms with Crippen molar-refractivity contribution >= 4 is 46.8 Å². The summed E-state index contributed by atoms with van der Waals surface area (Å²) in [7, 11) is 1.20. The Morgan fingerprint density at radius 1 is 0.878 bits per heavy atom. The third kappa shape index (κ3) is 6.61. The summed E-state index contributed by atoms with van der Waals surface area (Å²) in [5.74, 6) is -4.62. The average molecular weight is 624 g/mol. The van der Waals surface area contributed by atoms with Crippen LogP contribution < -0.4 is 5.32 Å². The molecule has 15 heteroatoms. The molecule has 0 aromatic heterocycles. The second kappa shape index (κ2) is 11.2. The summed E-state index contributed by atoms with van der Waals surface area (Å²) in [6.45, 7) is -0.217. The quantitative estimate of drug-likeness (QED) is 0.377. The second-order valence-electron chi connectivity index (χ2n) is 9.88. The van der Waals surface area contributed by atoms with Gasteiger partial charge in [-0.3, -0.25) is 24.5 Å². The molecule has 1 N–H and O–H groups in total. The Balaban J connectivity index is 1.70. The van der Waals surface area contributed by atoms with Crippen LogP contribution in [0.1, 0.15) is 45.8 Å². The summed E-state index contributed by atoms with van der Waals surface area (Å²) in [5, 5.41) is 2.45. The lowest BCUT2D eigenvalue weighted by Crippen LogP contribution is -2.46. The van der Waals surface area contributed by atoms with Crippen LogP contribution in [-0.4, -0.2) is 59.6 Å². The van der Waals surface area contributed by atoms with Gasteiger partial charge in [-0.25, -0.2) is 0 Å². The summed E-state index contributed by atoms with van der Waals surface area (Å²) in [6.07, 6.45) is -10.8. The van der Waals surface area contributed by atoms with E-state index in [1.54, 1.807) is 6.07 Å². The lowest BCUT2D eigenvalue weighted by Gasteiger charge is -2.30. The van der Waals surface area contributed by atoms with Crippen molar-refractivity contribution in [3.05, 3.63) is 68.7 Å². The fraction of sp³-hybridized carbons (Fsp3) is 0.385. The van der Waals surface area contributed by atoms with E-state index in [2.05, 4.69) is 5.32 Å². The van der Waals surface area contributed by atoms with E-state index < -0.39 is 70.5 Å². The summed E-state index contributed by atoms with van der Waals surface area (Å²) >= 11 is 12.2. The van der Waals surface area contributed by atoms with Crippen molar-refractivity contribution in [2.24, 2.45) is 5.92 Å². The number of piperidine rings is 1. The highest BCUT2D eigenvalue weighted by molar-refractivity contribution is 6.42. The van der Waals surface area contributed by atoms with E-state index in [-0.39, 0.29) is 42.0 Å². The fourth-order valence-corrected chi connectivity index (χ4v) is 5.38. The maximum atomic E-state index is 13.4. The van der Waals surface area contributed by atoms with Crippen LogP contribution in [0.25, 0.3) is 0 Å². The maximum Gasteiger partial charge on any atom is 0.416 e. The van der Waals surface area contributed by atoms with Crippen molar-refractivity contribution in [1.29, 1.82) is 0 Å². The zero-order valence-corrected chi connectivity index (χ0v) is 22.6. The van der Waals surface area contributed by atoms with Crippen molar-refractivity contribution in [3.8, 4) is 0 Å². The summed E-state index contributed by atoms with van der Waals surface area (Å²) < 4.78 is 80.5. The molecule has 220 valence electrons. The molecule has 2 saturated heterocycles. The molecule has 0 saturated carbocycles. The highest BCUT2D eigenvalue weighted by atomic mass is 35.5. The molecule has 0 spiro atoms. The first-order valence-corrected chi connectivity index (χ1v) is 12.8. The molecule has 2 heterocycles. The van der Waals surface area contributed by atoms with Gasteiger partial charge in [0.05, 0.1) is 33.1 Å². The summed E-state index contributed by atoms with van der Waals surface area (Å²) in [4.78, 5) is 52.6. The molecule has 2 aliphatic rings. The number of carbonyl (C=O) groups is 4. The van der Waals surface area contributed by atoms with Gasteiger partial charge in [-0.05, 0) is 35.9 Å². The third-order valence-electron chi connectivity index (χ3n) is 7.12. The van der Waals surface area contributed by atoms with Gasteiger partial charge in [0.15, 0.2) is 0 Å². The number of amides is 4. The van der Waals surface area contributed by atoms with Crippen molar-refractivity contribution < 1.29 is 45.5 Å². The molecular formula is C26H21Cl2F6N3O4. The molecule has 0 bridgehead atoms. The SMILES string of the molecule is CN(C(=O)c1cc(C(F)(F)F)cc(C(F)(F)F)c1)[C@@H]1CN(C(=O)C2CC(=O)NC(=O)C2)C[C@H]1c1ccc(Cl)c(Cl)c1. The fourth-order valence-electron chi connectivity index (χ4n) is 5.07. The number of rotatable bonds is 4. The minimum absolute atomic E-state index is 0.0399. The Kier molecular flexibility index (Phi) is 8.34. The lowest BCUT2D eigenvalue weighted by atomic mass is 9.92. The Morgan fingerprint density at radius 3 is 1.95 bits per heavy atom. The minimum Gasteiger partial charge on any atom is -0.340 e. The van der Waals surface area contributed by atoms with Crippen molar-refractivity contribution in [1.82, 2.24) is 15.1 Å². The van der Waals surface area contributed by atoms with E-state index >= 15 is 0 Å². The molecular weight excluding hydrogens is 603 g/mol. The van der Waals surface area contributed by atoms with Crippen molar-refractivity contribution in [2.75, 3.05) is 20.1 Å². The number of nitrogens with zero attached hydrogens (tertiary/aromatic N) is 2. The van der Waals surface area contributed by atoms with E-state index in [9.17, 15) is 45.5 Å². The molecule has 4 rings (SSSR count). The van der Waals surface area contributed by atoms with E-state index in [4.69, 9.17) is 23.2 Å². The van der Waals surface area contributed by atoms with Crippen LogP contribution in [0.4, 0.5) is 26.3 Å². The Bertz CT molecular complexity index is 1370. The topological polar surface area (TPSA) is 86.8 Å². The van der Waals surface area contributed by atoms with Crippen molar-refractivity contribution in [3.63, 3.8) is 0 Å². The number of alkyl halides is 6. The standard InChI is InChI=1S/C26H21Cl2F6N3O4/c1-36(23(40)13-4-15(25(29,30)31)9-16(5-13)26(32,33)34)20-11-37(24(41)14-7-21(38)35-22(39)8-14)10-17(20)12-2-3-18(27)19(28)6-12/h2-6,9,14,17,20H,7-8,10-11H2,1H3,(H,35,38,39)/t17-,20+/m0/s1. The van der Waals surface area contributed by atoms with Gasteiger partial charge >= 0.3 is 12.4 Å². The van der Waals surface area contributed by atoms with Gasteiger partial charge < -0.3 is 9.80 Å². The molecule has 41 heavy (non-hydrogen) atoms. The number of halogens is 8. The molecule has 2 aromatic carbocycles. The van der Waals surface area contributed by atoms with Gasteiger partial charge in [0.2, 0.25) is 17.7 Å². The van der Waals surface area contributed by atoms with Gasteiger partial charge in [-0.2, -0.15) is 26.3 Å². The zero-order chi connectivity index (χ0) is 30.4. The first-order chi connectivity index (χ1) is 19.0. The van der Waals surface area contributed by atoms with E-state index in [0.717, 1.165) is 4.90 Å². The minimum atomic E-state index is -5.16. The van der Waals surface area contributed by atoms with Crippen molar-refractivity contribution in [2.45, 2.75) is 37.2 Å². The van der Waals surface area contributed by atoms with E-state index in [0.29, 0.717) is 17.7 Å². The van der Waals surface area contributed by atoms with Gasteiger partial charge in [0.1, 0.15) is 0 Å². The average Bonchev–Trinajstić information content (AvgIpc) is 3.32. The number of imide groups is 1. The summed E-state index contributed by atoms with van der Waals surface area (Å²) in [6, 6.07) is 4.20. The Morgan fingerprint density at radius 2 is 1.44 bits per heavy atom. The van der Waals surface area contributed by atoms with Crippen LogP contribution in [0, 0.1) is 5.92 Å². The van der Waals surface area contributed by atoms with Crippen LogP contribution in [0.3, 0.4) is 0 Å². The zero-order valence-electron chi connectivity index (χ0n) is 21.1. The van der Waals surface area contributed by atoms with Crippen LogP contribution >= 0.6 is 23.2 Å². The molecule has 0 aliphatic carbocycles. The smallest absolute Gasteiger partial charge is 0.340 e. The van der Waals surface area contributed by atoms with Crippen LogP contribution in [0.15, 0.2) is 36.4 Å². The number of hydrogen-bond acceptors (Lipinski definition) is 4. The number of carbonyl (C=O) groups excluding carboxylic acids is 4.